The number of benzene rings is 1. The third-order valence-corrected chi connectivity index (χ3v) is 2.34. The Labute approximate surface area is 87.9 Å². The van der Waals surface area contributed by atoms with Gasteiger partial charge in [-0.05, 0) is 5.56 Å². The minimum absolute atomic E-state index is 0.0776. The van der Waals surface area contributed by atoms with Gasteiger partial charge >= 0.3 is 0 Å². The first kappa shape index (κ1) is 9.82. The summed E-state index contributed by atoms with van der Waals surface area (Å²) < 4.78 is 1.71. The third kappa shape index (κ3) is 1.88. The first-order valence-corrected chi connectivity index (χ1v) is 4.68. The molecule has 1 aromatic heterocycles. The highest BCUT2D eigenvalue weighted by molar-refractivity contribution is 5.26. The van der Waals surface area contributed by atoms with Gasteiger partial charge < -0.3 is 0 Å². The highest BCUT2D eigenvalue weighted by Crippen LogP contribution is 2.18. The van der Waals surface area contributed by atoms with Crippen molar-refractivity contribution in [3.8, 4) is 0 Å². The monoisotopic (exact) mass is 203 g/mol. The standard InChI is InChI=1S/C10H13N5/c1-15-9(7-12-14-15)10(13-11)8-5-3-2-4-6-8/h2-7,10,13H,11H2,1H3. The van der Waals surface area contributed by atoms with Crippen LogP contribution < -0.4 is 11.3 Å². The van der Waals surface area contributed by atoms with E-state index >= 15 is 0 Å². The average Bonchev–Trinajstić information content (AvgIpc) is 2.68. The topological polar surface area (TPSA) is 68.8 Å². The van der Waals surface area contributed by atoms with Crippen molar-refractivity contribution in [3.63, 3.8) is 0 Å². The zero-order valence-electron chi connectivity index (χ0n) is 8.46. The second kappa shape index (κ2) is 4.20. The van der Waals surface area contributed by atoms with Crippen molar-refractivity contribution in [2.24, 2.45) is 12.9 Å². The summed E-state index contributed by atoms with van der Waals surface area (Å²) in [5.41, 5.74) is 4.78. The van der Waals surface area contributed by atoms with Gasteiger partial charge in [0, 0.05) is 7.05 Å². The zero-order chi connectivity index (χ0) is 10.7. The number of hydrogen-bond donors (Lipinski definition) is 2. The molecule has 0 aliphatic carbocycles. The number of aryl methyl sites for hydroxylation is 1. The summed E-state index contributed by atoms with van der Waals surface area (Å²) in [4.78, 5) is 0. The smallest absolute Gasteiger partial charge is 0.0894 e. The SMILES string of the molecule is Cn1nncc1C(NN)c1ccccc1. The van der Waals surface area contributed by atoms with E-state index in [0.717, 1.165) is 11.3 Å². The third-order valence-electron chi connectivity index (χ3n) is 2.34. The van der Waals surface area contributed by atoms with E-state index in [1.807, 2.05) is 37.4 Å². The molecule has 0 bridgehead atoms. The van der Waals surface area contributed by atoms with Crippen LogP contribution in [-0.2, 0) is 7.05 Å². The summed E-state index contributed by atoms with van der Waals surface area (Å²) >= 11 is 0. The Kier molecular flexibility index (Phi) is 2.75. The summed E-state index contributed by atoms with van der Waals surface area (Å²) in [5, 5.41) is 7.72. The first-order chi connectivity index (χ1) is 7.33. The van der Waals surface area contributed by atoms with E-state index in [0.29, 0.717) is 0 Å². The van der Waals surface area contributed by atoms with E-state index in [1.165, 1.54) is 0 Å². The fourth-order valence-corrected chi connectivity index (χ4v) is 1.56. The lowest BCUT2D eigenvalue weighted by molar-refractivity contribution is 0.570. The molecule has 1 unspecified atom stereocenters. The predicted molar refractivity (Wildman–Crippen MR) is 56.6 cm³/mol. The number of nitrogens with one attached hydrogen (secondary N) is 1. The van der Waals surface area contributed by atoms with E-state index in [9.17, 15) is 0 Å². The van der Waals surface area contributed by atoms with Gasteiger partial charge in [-0.25, -0.2) is 5.43 Å². The van der Waals surface area contributed by atoms with Gasteiger partial charge in [-0.15, -0.1) is 5.10 Å². The fraction of sp³-hybridized carbons (Fsp3) is 0.200. The van der Waals surface area contributed by atoms with Gasteiger partial charge in [-0.2, -0.15) is 0 Å². The maximum atomic E-state index is 5.55. The van der Waals surface area contributed by atoms with Crippen molar-refractivity contribution in [3.05, 3.63) is 47.8 Å². The van der Waals surface area contributed by atoms with Crippen molar-refractivity contribution in [1.82, 2.24) is 20.4 Å². The number of rotatable bonds is 3. The molecule has 5 heteroatoms. The van der Waals surface area contributed by atoms with Crippen LogP contribution in [0.25, 0.3) is 0 Å². The van der Waals surface area contributed by atoms with E-state index in [1.54, 1.807) is 10.9 Å². The number of hydrazine groups is 1. The van der Waals surface area contributed by atoms with Gasteiger partial charge in [-0.1, -0.05) is 35.5 Å². The van der Waals surface area contributed by atoms with Crippen LogP contribution in [0.4, 0.5) is 0 Å². The van der Waals surface area contributed by atoms with Crippen LogP contribution in [0.5, 0.6) is 0 Å². The Balaban J connectivity index is 2.37. The molecular weight excluding hydrogens is 190 g/mol. The van der Waals surface area contributed by atoms with Crippen molar-refractivity contribution in [2.75, 3.05) is 0 Å². The van der Waals surface area contributed by atoms with E-state index in [2.05, 4.69) is 15.7 Å². The van der Waals surface area contributed by atoms with Crippen LogP contribution in [0.2, 0.25) is 0 Å². The summed E-state index contributed by atoms with van der Waals surface area (Å²) in [6, 6.07) is 9.87. The van der Waals surface area contributed by atoms with E-state index < -0.39 is 0 Å². The molecule has 0 amide bonds. The van der Waals surface area contributed by atoms with Crippen LogP contribution in [-0.4, -0.2) is 15.0 Å². The molecule has 1 aromatic carbocycles. The largest absolute Gasteiger partial charge is 0.271 e. The molecule has 3 N–H and O–H groups in total. The lowest BCUT2D eigenvalue weighted by Gasteiger charge is -2.15. The summed E-state index contributed by atoms with van der Waals surface area (Å²) in [7, 11) is 1.84. The predicted octanol–water partition coefficient (Wildman–Crippen LogP) is 0.368. The van der Waals surface area contributed by atoms with Gasteiger partial charge in [0.25, 0.3) is 0 Å². The molecule has 0 radical (unpaired) electrons. The minimum Gasteiger partial charge on any atom is -0.271 e. The van der Waals surface area contributed by atoms with Gasteiger partial charge in [0.2, 0.25) is 0 Å². The molecule has 0 aliphatic heterocycles. The lowest BCUT2D eigenvalue weighted by atomic mass is 10.1. The highest BCUT2D eigenvalue weighted by Gasteiger charge is 2.15. The summed E-state index contributed by atoms with van der Waals surface area (Å²) in [6.45, 7) is 0. The van der Waals surface area contributed by atoms with Crippen LogP contribution in [0, 0.1) is 0 Å². The van der Waals surface area contributed by atoms with Gasteiger partial charge in [-0.3, -0.25) is 10.5 Å². The molecular formula is C10H13N5. The van der Waals surface area contributed by atoms with Crippen molar-refractivity contribution in [1.29, 1.82) is 0 Å². The number of nitrogens with two attached hydrogens (primary N) is 1. The maximum Gasteiger partial charge on any atom is 0.0894 e. The molecule has 15 heavy (non-hydrogen) atoms. The molecule has 5 nitrogen and oxygen atoms in total. The number of aromatic nitrogens is 3. The Morgan fingerprint density at radius 2 is 2.07 bits per heavy atom. The van der Waals surface area contributed by atoms with Crippen molar-refractivity contribution >= 4 is 0 Å². The number of hydrogen-bond acceptors (Lipinski definition) is 4. The van der Waals surface area contributed by atoms with Gasteiger partial charge in [0.1, 0.15) is 0 Å². The second-order valence-electron chi connectivity index (χ2n) is 3.29. The first-order valence-electron chi connectivity index (χ1n) is 4.68. The van der Waals surface area contributed by atoms with E-state index in [4.69, 9.17) is 5.84 Å². The van der Waals surface area contributed by atoms with Crippen LogP contribution in [0.15, 0.2) is 36.5 Å². The molecule has 2 rings (SSSR count). The van der Waals surface area contributed by atoms with Gasteiger partial charge in [0.05, 0.1) is 17.9 Å². The average molecular weight is 203 g/mol. The lowest BCUT2D eigenvalue weighted by Crippen LogP contribution is -2.30. The van der Waals surface area contributed by atoms with Crippen molar-refractivity contribution in [2.45, 2.75) is 6.04 Å². The molecule has 0 aliphatic rings. The molecule has 0 saturated heterocycles. The Bertz CT molecular complexity index is 422. The second-order valence-corrected chi connectivity index (χ2v) is 3.29. The number of nitrogens with zero attached hydrogens (tertiary/aromatic N) is 3. The van der Waals surface area contributed by atoms with Gasteiger partial charge in [0.15, 0.2) is 0 Å². The van der Waals surface area contributed by atoms with Crippen molar-refractivity contribution < 1.29 is 0 Å². The van der Waals surface area contributed by atoms with Crippen LogP contribution >= 0.6 is 0 Å². The molecule has 0 fully saturated rings. The Morgan fingerprint density at radius 1 is 1.33 bits per heavy atom. The molecule has 0 spiro atoms. The summed E-state index contributed by atoms with van der Waals surface area (Å²) in [6.07, 6.45) is 1.71. The molecule has 0 saturated carbocycles. The molecule has 2 aromatic rings. The Morgan fingerprint density at radius 3 is 2.60 bits per heavy atom. The zero-order valence-corrected chi connectivity index (χ0v) is 8.46. The molecule has 1 heterocycles. The quantitative estimate of drug-likeness (QED) is 0.558. The van der Waals surface area contributed by atoms with Crippen LogP contribution in [0.1, 0.15) is 17.3 Å². The van der Waals surface area contributed by atoms with E-state index in [-0.39, 0.29) is 6.04 Å². The Hall–Kier alpha value is -1.72. The summed E-state index contributed by atoms with van der Waals surface area (Å²) in [5.74, 6) is 5.55. The normalized spacial score (nSPS) is 12.7. The molecule has 78 valence electrons. The van der Waals surface area contributed by atoms with Crippen LogP contribution in [0.3, 0.4) is 0 Å². The maximum absolute atomic E-state index is 5.55. The minimum atomic E-state index is -0.0776. The highest BCUT2D eigenvalue weighted by atomic mass is 15.4. The molecule has 1 atom stereocenters. The fourth-order valence-electron chi connectivity index (χ4n) is 1.56.